The van der Waals surface area contributed by atoms with Crippen molar-refractivity contribution in [1.82, 2.24) is 20.8 Å². The van der Waals surface area contributed by atoms with E-state index < -0.39 is 0 Å². The molecule has 0 saturated carbocycles. The van der Waals surface area contributed by atoms with Crippen LogP contribution in [0.2, 0.25) is 0 Å². The molecule has 7 heteroatoms. The van der Waals surface area contributed by atoms with Gasteiger partial charge in [0.15, 0.2) is 11.8 Å². The smallest absolute Gasteiger partial charge is 0.228 e. The van der Waals surface area contributed by atoms with Crippen molar-refractivity contribution < 1.29 is 9.26 Å². The van der Waals surface area contributed by atoms with Gasteiger partial charge in [-0.15, -0.1) is 0 Å². The highest BCUT2D eigenvalue weighted by molar-refractivity contribution is 5.79. The van der Waals surface area contributed by atoms with Gasteiger partial charge >= 0.3 is 0 Å². The Kier molecular flexibility index (Phi) is 9.37. The zero-order chi connectivity index (χ0) is 17.9. The average Bonchev–Trinajstić information content (AvgIpc) is 3.01. The monoisotopic (exact) mass is 339 g/mol. The normalized spacial score (nSPS) is 13.6. The van der Waals surface area contributed by atoms with Crippen molar-refractivity contribution in [2.45, 2.75) is 59.5 Å². The van der Waals surface area contributed by atoms with Crippen LogP contribution >= 0.6 is 0 Å². The van der Waals surface area contributed by atoms with Gasteiger partial charge in [-0.05, 0) is 19.3 Å². The quantitative estimate of drug-likeness (QED) is 0.503. The fourth-order valence-electron chi connectivity index (χ4n) is 2.27. The highest BCUT2D eigenvalue weighted by atomic mass is 16.5. The Morgan fingerprint density at radius 1 is 1.21 bits per heavy atom. The number of nitrogens with zero attached hydrogens (tertiary/aromatic N) is 3. The Bertz CT molecular complexity index is 485. The molecule has 1 aromatic heterocycles. The standard InChI is InChI=1S/C17H33N5O2/c1-7-23-14(12(2)3)8-10-19-17(18-6)20-11-9-15-21-16(13(4)5)22-24-15/h12-14H,7-11H2,1-6H3,(H2,18,19,20). The highest BCUT2D eigenvalue weighted by Gasteiger charge is 2.13. The summed E-state index contributed by atoms with van der Waals surface area (Å²) in [6.45, 7) is 12.8. The third-order valence-electron chi connectivity index (χ3n) is 3.70. The summed E-state index contributed by atoms with van der Waals surface area (Å²) in [5.41, 5.74) is 0. The minimum absolute atomic E-state index is 0.272. The van der Waals surface area contributed by atoms with E-state index in [1.54, 1.807) is 7.05 Å². The van der Waals surface area contributed by atoms with E-state index >= 15 is 0 Å². The molecule has 0 aliphatic carbocycles. The molecule has 0 aliphatic heterocycles. The summed E-state index contributed by atoms with van der Waals surface area (Å²) in [6, 6.07) is 0. The second-order valence-electron chi connectivity index (χ2n) is 6.40. The third kappa shape index (κ3) is 7.29. The molecule has 0 saturated heterocycles. The zero-order valence-electron chi connectivity index (χ0n) is 15.9. The van der Waals surface area contributed by atoms with Gasteiger partial charge < -0.3 is 19.9 Å². The largest absolute Gasteiger partial charge is 0.378 e. The van der Waals surface area contributed by atoms with E-state index in [9.17, 15) is 0 Å². The number of guanidine groups is 1. The van der Waals surface area contributed by atoms with Crippen LogP contribution in [0.15, 0.2) is 9.52 Å². The summed E-state index contributed by atoms with van der Waals surface area (Å²) in [4.78, 5) is 8.59. The molecule has 1 rings (SSSR count). The molecule has 0 aromatic carbocycles. The van der Waals surface area contributed by atoms with Gasteiger partial charge in [-0.25, -0.2) is 0 Å². The molecule has 0 radical (unpaired) electrons. The first kappa shape index (κ1) is 20.4. The first-order chi connectivity index (χ1) is 11.5. The summed E-state index contributed by atoms with van der Waals surface area (Å²) in [5, 5.41) is 10.5. The van der Waals surface area contributed by atoms with E-state index in [-0.39, 0.29) is 12.0 Å². The molecule has 0 fully saturated rings. The van der Waals surface area contributed by atoms with Crippen LogP contribution in [0, 0.1) is 5.92 Å². The molecule has 0 spiro atoms. The van der Waals surface area contributed by atoms with Crippen LogP contribution < -0.4 is 10.6 Å². The van der Waals surface area contributed by atoms with Crippen LogP contribution in [0.5, 0.6) is 0 Å². The van der Waals surface area contributed by atoms with E-state index in [4.69, 9.17) is 9.26 Å². The molecule has 2 N–H and O–H groups in total. The van der Waals surface area contributed by atoms with Crippen molar-refractivity contribution in [1.29, 1.82) is 0 Å². The van der Waals surface area contributed by atoms with E-state index in [1.165, 1.54) is 0 Å². The molecule has 138 valence electrons. The number of aliphatic imine (C=N–C) groups is 1. The molecule has 24 heavy (non-hydrogen) atoms. The molecule has 7 nitrogen and oxygen atoms in total. The lowest BCUT2D eigenvalue weighted by Crippen LogP contribution is -2.40. The van der Waals surface area contributed by atoms with Gasteiger partial charge in [-0.1, -0.05) is 32.9 Å². The van der Waals surface area contributed by atoms with Crippen LogP contribution in [0.3, 0.4) is 0 Å². The maximum Gasteiger partial charge on any atom is 0.228 e. The number of nitrogens with one attached hydrogen (secondary N) is 2. The van der Waals surface area contributed by atoms with E-state index in [1.807, 2.05) is 20.8 Å². The van der Waals surface area contributed by atoms with Crippen molar-refractivity contribution in [2.75, 3.05) is 26.7 Å². The molecule has 0 aliphatic rings. The SMILES string of the molecule is CCOC(CCNC(=NC)NCCc1nc(C(C)C)no1)C(C)C. The summed E-state index contributed by atoms with van der Waals surface area (Å²) in [7, 11) is 1.77. The predicted octanol–water partition coefficient (Wildman–Crippen LogP) is 2.35. The highest BCUT2D eigenvalue weighted by Crippen LogP contribution is 2.10. The Balaban J connectivity index is 2.29. The first-order valence-corrected chi connectivity index (χ1v) is 8.86. The summed E-state index contributed by atoms with van der Waals surface area (Å²) in [6.07, 6.45) is 1.90. The number of hydrogen-bond donors (Lipinski definition) is 2. The Labute approximate surface area is 145 Å². The number of aromatic nitrogens is 2. The molecular formula is C17H33N5O2. The van der Waals surface area contributed by atoms with Gasteiger partial charge in [-0.3, -0.25) is 4.99 Å². The van der Waals surface area contributed by atoms with Gasteiger partial charge in [0, 0.05) is 39.1 Å². The van der Waals surface area contributed by atoms with E-state index in [2.05, 4.69) is 39.6 Å². The lowest BCUT2D eigenvalue weighted by molar-refractivity contribution is 0.0258. The van der Waals surface area contributed by atoms with E-state index in [0.29, 0.717) is 24.8 Å². The number of hydrogen-bond acceptors (Lipinski definition) is 5. The van der Waals surface area contributed by atoms with Crippen molar-refractivity contribution in [3.8, 4) is 0 Å². The Morgan fingerprint density at radius 3 is 2.46 bits per heavy atom. The Hall–Kier alpha value is -1.63. The van der Waals surface area contributed by atoms with Crippen LogP contribution in [0.25, 0.3) is 0 Å². The first-order valence-electron chi connectivity index (χ1n) is 8.86. The second kappa shape index (κ2) is 11.0. The molecule has 1 atom stereocenters. The fourth-order valence-corrected chi connectivity index (χ4v) is 2.27. The van der Waals surface area contributed by atoms with Gasteiger partial charge in [0.2, 0.25) is 5.89 Å². The van der Waals surface area contributed by atoms with Gasteiger partial charge in [0.1, 0.15) is 0 Å². The van der Waals surface area contributed by atoms with Crippen molar-refractivity contribution in [2.24, 2.45) is 10.9 Å². The van der Waals surface area contributed by atoms with Crippen LogP contribution in [0.1, 0.15) is 58.7 Å². The van der Waals surface area contributed by atoms with Gasteiger partial charge in [0.25, 0.3) is 0 Å². The van der Waals surface area contributed by atoms with Crippen molar-refractivity contribution in [3.63, 3.8) is 0 Å². The molecule has 1 heterocycles. The summed E-state index contributed by atoms with van der Waals surface area (Å²) >= 11 is 0. The zero-order valence-corrected chi connectivity index (χ0v) is 15.9. The summed E-state index contributed by atoms with van der Waals surface area (Å²) < 4.78 is 11.0. The van der Waals surface area contributed by atoms with Crippen molar-refractivity contribution in [3.05, 3.63) is 11.7 Å². The van der Waals surface area contributed by atoms with Gasteiger partial charge in [-0.2, -0.15) is 4.98 Å². The summed E-state index contributed by atoms with van der Waals surface area (Å²) in [5.74, 6) is 2.97. The lowest BCUT2D eigenvalue weighted by Gasteiger charge is -2.21. The number of rotatable bonds is 10. The third-order valence-corrected chi connectivity index (χ3v) is 3.70. The van der Waals surface area contributed by atoms with Crippen LogP contribution in [-0.2, 0) is 11.2 Å². The molecule has 0 bridgehead atoms. The molecule has 1 unspecified atom stereocenters. The maximum absolute atomic E-state index is 5.75. The maximum atomic E-state index is 5.75. The molecule has 0 amide bonds. The fraction of sp³-hybridized carbons (Fsp3) is 0.824. The molecular weight excluding hydrogens is 306 g/mol. The average molecular weight is 339 g/mol. The Morgan fingerprint density at radius 2 is 1.92 bits per heavy atom. The topological polar surface area (TPSA) is 84.6 Å². The van der Waals surface area contributed by atoms with Crippen LogP contribution in [-0.4, -0.2) is 48.9 Å². The minimum atomic E-state index is 0.272. The second-order valence-corrected chi connectivity index (χ2v) is 6.40. The van der Waals surface area contributed by atoms with E-state index in [0.717, 1.165) is 31.4 Å². The predicted molar refractivity (Wildman–Crippen MR) is 96.3 cm³/mol. The molecule has 1 aromatic rings. The van der Waals surface area contributed by atoms with Gasteiger partial charge in [0.05, 0.1) is 6.10 Å². The number of ether oxygens (including phenoxy) is 1. The lowest BCUT2D eigenvalue weighted by atomic mass is 10.0. The van der Waals surface area contributed by atoms with Crippen LogP contribution in [0.4, 0.5) is 0 Å². The minimum Gasteiger partial charge on any atom is -0.378 e. The van der Waals surface area contributed by atoms with Crippen molar-refractivity contribution >= 4 is 5.96 Å².